The lowest BCUT2D eigenvalue weighted by Crippen LogP contribution is -2.54. The Morgan fingerprint density at radius 1 is 1.12 bits per heavy atom. The van der Waals surface area contributed by atoms with Crippen LogP contribution in [0.15, 0.2) is 0 Å². The monoisotopic (exact) mass is 237 g/mol. The Hall–Kier alpha value is -0.0800. The molecule has 2 heteroatoms. The number of ether oxygens (including phenoxy) is 1. The van der Waals surface area contributed by atoms with Crippen LogP contribution in [-0.4, -0.2) is 24.8 Å². The number of rotatable bonds is 1. The Morgan fingerprint density at radius 2 is 1.94 bits per heavy atom. The lowest BCUT2D eigenvalue weighted by Gasteiger charge is -2.44. The smallest absolute Gasteiger partial charge is 0.0810 e. The summed E-state index contributed by atoms with van der Waals surface area (Å²) in [5, 5.41) is 3.65. The molecule has 0 amide bonds. The zero-order valence-corrected chi connectivity index (χ0v) is 11.2. The van der Waals surface area contributed by atoms with E-state index in [4.69, 9.17) is 4.74 Å². The van der Waals surface area contributed by atoms with E-state index in [-0.39, 0.29) is 5.60 Å². The van der Waals surface area contributed by atoms with Crippen LogP contribution in [0, 0.1) is 11.8 Å². The summed E-state index contributed by atoms with van der Waals surface area (Å²) in [6.45, 7) is 4.61. The summed E-state index contributed by atoms with van der Waals surface area (Å²) in [5.41, 5.74) is 0.226. The molecule has 1 spiro atoms. The molecule has 0 aromatic heterocycles. The maximum atomic E-state index is 6.56. The molecule has 1 N–H and O–H groups in total. The van der Waals surface area contributed by atoms with Crippen molar-refractivity contribution in [3.05, 3.63) is 0 Å². The minimum atomic E-state index is 0.226. The number of hydrogen-bond donors (Lipinski definition) is 1. The van der Waals surface area contributed by atoms with Gasteiger partial charge in [-0.15, -0.1) is 0 Å². The molecular formula is C15H27NO. The molecule has 3 aliphatic rings. The summed E-state index contributed by atoms with van der Waals surface area (Å²) >= 11 is 0. The summed E-state index contributed by atoms with van der Waals surface area (Å²) in [4.78, 5) is 0. The van der Waals surface area contributed by atoms with Gasteiger partial charge in [0.2, 0.25) is 0 Å². The van der Waals surface area contributed by atoms with Gasteiger partial charge in [-0.05, 0) is 37.5 Å². The molecule has 3 unspecified atom stereocenters. The van der Waals surface area contributed by atoms with Crippen LogP contribution in [0.1, 0.15) is 58.3 Å². The van der Waals surface area contributed by atoms with E-state index in [0.29, 0.717) is 6.10 Å². The highest BCUT2D eigenvalue weighted by Gasteiger charge is 2.42. The molecule has 1 saturated heterocycles. The molecule has 3 atom stereocenters. The highest BCUT2D eigenvalue weighted by atomic mass is 16.5. The van der Waals surface area contributed by atoms with E-state index < -0.39 is 0 Å². The van der Waals surface area contributed by atoms with E-state index in [9.17, 15) is 0 Å². The van der Waals surface area contributed by atoms with Crippen LogP contribution in [0.3, 0.4) is 0 Å². The standard InChI is InChI=1S/C15H27NO/c1-12-5-4-6-13(9-12)14-10-16-11-15(17-14)7-2-3-8-15/h12-14,16H,2-11H2,1H3. The van der Waals surface area contributed by atoms with Crippen molar-refractivity contribution in [2.24, 2.45) is 11.8 Å². The van der Waals surface area contributed by atoms with Crippen molar-refractivity contribution < 1.29 is 4.74 Å². The first-order valence-corrected chi connectivity index (χ1v) is 7.66. The first-order valence-electron chi connectivity index (χ1n) is 7.66. The summed E-state index contributed by atoms with van der Waals surface area (Å²) in [6, 6.07) is 0. The molecule has 17 heavy (non-hydrogen) atoms. The Labute approximate surface area is 105 Å². The molecule has 1 heterocycles. The Morgan fingerprint density at radius 3 is 2.71 bits per heavy atom. The summed E-state index contributed by atoms with van der Waals surface area (Å²) in [5.74, 6) is 1.74. The fourth-order valence-electron chi connectivity index (χ4n) is 4.24. The quantitative estimate of drug-likeness (QED) is 0.756. The van der Waals surface area contributed by atoms with Gasteiger partial charge >= 0.3 is 0 Å². The predicted octanol–water partition coefficient (Wildman–Crippen LogP) is 3.11. The molecule has 0 radical (unpaired) electrons. The fraction of sp³-hybridized carbons (Fsp3) is 1.00. The van der Waals surface area contributed by atoms with Crippen molar-refractivity contribution in [2.75, 3.05) is 13.1 Å². The first-order chi connectivity index (χ1) is 8.27. The molecule has 2 aliphatic carbocycles. The van der Waals surface area contributed by atoms with Crippen LogP contribution in [0.2, 0.25) is 0 Å². The average Bonchev–Trinajstić information content (AvgIpc) is 2.77. The second-order valence-corrected chi connectivity index (χ2v) is 6.71. The fourth-order valence-corrected chi connectivity index (χ4v) is 4.24. The van der Waals surface area contributed by atoms with Gasteiger partial charge in [-0.3, -0.25) is 0 Å². The van der Waals surface area contributed by atoms with Crippen molar-refractivity contribution in [3.63, 3.8) is 0 Å². The zero-order chi connectivity index (χ0) is 11.7. The van der Waals surface area contributed by atoms with E-state index in [0.717, 1.165) is 24.9 Å². The third-order valence-electron chi connectivity index (χ3n) is 5.21. The van der Waals surface area contributed by atoms with E-state index >= 15 is 0 Å². The van der Waals surface area contributed by atoms with Crippen molar-refractivity contribution in [1.29, 1.82) is 0 Å². The van der Waals surface area contributed by atoms with Gasteiger partial charge in [0.1, 0.15) is 0 Å². The van der Waals surface area contributed by atoms with Crippen molar-refractivity contribution >= 4 is 0 Å². The third kappa shape index (κ3) is 2.53. The van der Waals surface area contributed by atoms with Gasteiger partial charge in [-0.2, -0.15) is 0 Å². The summed E-state index contributed by atoms with van der Waals surface area (Å²) in [6.07, 6.45) is 11.5. The van der Waals surface area contributed by atoms with Crippen LogP contribution in [0.5, 0.6) is 0 Å². The maximum absolute atomic E-state index is 6.56. The van der Waals surface area contributed by atoms with Crippen molar-refractivity contribution in [2.45, 2.75) is 70.0 Å². The minimum absolute atomic E-state index is 0.226. The van der Waals surface area contributed by atoms with Crippen molar-refractivity contribution in [1.82, 2.24) is 5.32 Å². The van der Waals surface area contributed by atoms with Gasteiger partial charge in [0.05, 0.1) is 11.7 Å². The Bertz CT molecular complexity index is 260. The molecule has 98 valence electrons. The van der Waals surface area contributed by atoms with Crippen LogP contribution < -0.4 is 5.32 Å². The summed E-state index contributed by atoms with van der Waals surface area (Å²) in [7, 11) is 0. The van der Waals surface area contributed by atoms with Crippen LogP contribution in [-0.2, 0) is 4.74 Å². The van der Waals surface area contributed by atoms with Crippen LogP contribution in [0.4, 0.5) is 0 Å². The molecular weight excluding hydrogens is 210 g/mol. The molecule has 2 saturated carbocycles. The second kappa shape index (κ2) is 4.89. The molecule has 3 rings (SSSR count). The summed E-state index contributed by atoms with van der Waals surface area (Å²) < 4.78 is 6.56. The van der Waals surface area contributed by atoms with Crippen molar-refractivity contribution in [3.8, 4) is 0 Å². The molecule has 3 fully saturated rings. The zero-order valence-electron chi connectivity index (χ0n) is 11.2. The third-order valence-corrected chi connectivity index (χ3v) is 5.21. The molecule has 0 aromatic rings. The van der Waals surface area contributed by atoms with Crippen LogP contribution >= 0.6 is 0 Å². The first kappa shape index (κ1) is 12.0. The number of nitrogens with one attached hydrogen (secondary N) is 1. The molecule has 0 bridgehead atoms. The van der Waals surface area contributed by atoms with E-state index in [1.807, 2.05) is 0 Å². The predicted molar refractivity (Wildman–Crippen MR) is 70.1 cm³/mol. The van der Waals surface area contributed by atoms with Crippen LogP contribution in [0.25, 0.3) is 0 Å². The molecule has 0 aromatic carbocycles. The van der Waals surface area contributed by atoms with Gasteiger partial charge in [-0.1, -0.05) is 32.6 Å². The lowest BCUT2D eigenvalue weighted by atomic mass is 9.78. The van der Waals surface area contributed by atoms with Gasteiger partial charge in [0.25, 0.3) is 0 Å². The SMILES string of the molecule is CC1CCCC(C2CNCC3(CCCC3)O2)C1. The molecule has 2 nitrogen and oxygen atoms in total. The maximum Gasteiger partial charge on any atom is 0.0810 e. The van der Waals surface area contributed by atoms with Gasteiger partial charge in [-0.25, -0.2) is 0 Å². The normalized spacial score (nSPS) is 41.8. The second-order valence-electron chi connectivity index (χ2n) is 6.71. The lowest BCUT2D eigenvalue weighted by molar-refractivity contribution is -0.138. The topological polar surface area (TPSA) is 21.3 Å². The van der Waals surface area contributed by atoms with E-state index in [1.165, 1.54) is 51.4 Å². The van der Waals surface area contributed by atoms with Gasteiger partial charge in [0.15, 0.2) is 0 Å². The average molecular weight is 237 g/mol. The number of morpholine rings is 1. The minimum Gasteiger partial charge on any atom is -0.369 e. The largest absolute Gasteiger partial charge is 0.369 e. The number of hydrogen-bond acceptors (Lipinski definition) is 2. The van der Waals surface area contributed by atoms with Gasteiger partial charge < -0.3 is 10.1 Å². The highest BCUT2D eigenvalue weighted by molar-refractivity contribution is 4.95. The van der Waals surface area contributed by atoms with E-state index in [1.54, 1.807) is 0 Å². The van der Waals surface area contributed by atoms with Gasteiger partial charge in [0, 0.05) is 13.1 Å². The molecule has 1 aliphatic heterocycles. The Kier molecular flexibility index (Phi) is 3.45. The highest BCUT2D eigenvalue weighted by Crippen LogP contribution is 2.39. The van der Waals surface area contributed by atoms with E-state index in [2.05, 4.69) is 12.2 Å². The Balaban J connectivity index is 1.62.